The lowest BCUT2D eigenvalue weighted by Crippen LogP contribution is -3.08. The van der Waals surface area contributed by atoms with Crippen LogP contribution < -0.4 is 16.0 Å². The first-order valence-corrected chi connectivity index (χ1v) is 6.90. The lowest BCUT2D eigenvalue weighted by molar-refractivity contribution is -0.895. The molecule has 0 spiro atoms. The van der Waals surface area contributed by atoms with E-state index in [4.69, 9.17) is 5.73 Å². The number of amides is 2. The van der Waals surface area contributed by atoms with Gasteiger partial charge in [0.15, 0.2) is 0 Å². The van der Waals surface area contributed by atoms with E-state index in [9.17, 15) is 9.59 Å². The van der Waals surface area contributed by atoms with Gasteiger partial charge in [0.05, 0.1) is 24.0 Å². The second-order valence-corrected chi connectivity index (χ2v) is 5.71. The number of nitrogens with two attached hydrogens (primary N) is 1. The van der Waals surface area contributed by atoms with Gasteiger partial charge in [-0.15, -0.1) is 11.3 Å². The minimum Gasteiger partial charge on any atom is -0.365 e. The standard InChI is InChI=1S/C12H17N3O2S/c1-3-9(16)14-12-10(11(13)17)7-4-5-15(2)6-8(7)18-12/h3-6H2,1-2H3,(H2,13,17)(H,14,16)/p+1. The highest BCUT2D eigenvalue weighted by atomic mass is 32.1. The second kappa shape index (κ2) is 5.07. The average molecular weight is 268 g/mol. The van der Waals surface area contributed by atoms with Gasteiger partial charge in [-0.05, 0) is 5.56 Å². The summed E-state index contributed by atoms with van der Waals surface area (Å²) in [4.78, 5) is 25.6. The molecule has 1 atom stereocenters. The molecule has 1 aromatic rings. The Balaban J connectivity index is 2.40. The Morgan fingerprint density at radius 1 is 1.50 bits per heavy atom. The molecule has 1 aliphatic rings. The van der Waals surface area contributed by atoms with Crippen molar-refractivity contribution in [3.8, 4) is 0 Å². The van der Waals surface area contributed by atoms with Crippen LogP contribution in [0.5, 0.6) is 0 Å². The zero-order valence-electron chi connectivity index (χ0n) is 10.6. The number of carbonyl (C=O) groups excluding carboxylic acids is 2. The number of anilines is 1. The summed E-state index contributed by atoms with van der Waals surface area (Å²) in [6.45, 7) is 3.66. The first-order chi connectivity index (χ1) is 8.52. The van der Waals surface area contributed by atoms with Crippen LogP contribution >= 0.6 is 11.3 Å². The number of quaternary nitrogens is 1. The summed E-state index contributed by atoms with van der Waals surface area (Å²) >= 11 is 1.48. The molecule has 0 aromatic carbocycles. The first-order valence-electron chi connectivity index (χ1n) is 6.08. The van der Waals surface area contributed by atoms with Crippen LogP contribution in [-0.4, -0.2) is 25.4 Å². The van der Waals surface area contributed by atoms with E-state index < -0.39 is 5.91 Å². The van der Waals surface area contributed by atoms with Gasteiger partial charge in [0.1, 0.15) is 11.5 Å². The molecule has 2 heterocycles. The van der Waals surface area contributed by atoms with E-state index in [1.165, 1.54) is 21.1 Å². The second-order valence-electron chi connectivity index (χ2n) is 4.61. The van der Waals surface area contributed by atoms with E-state index in [-0.39, 0.29) is 5.91 Å². The lowest BCUT2D eigenvalue weighted by Gasteiger charge is -2.19. The summed E-state index contributed by atoms with van der Waals surface area (Å²) in [7, 11) is 2.12. The first kappa shape index (κ1) is 13.0. The minimum atomic E-state index is -0.446. The Bertz CT molecular complexity index is 496. The third kappa shape index (κ3) is 2.39. The van der Waals surface area contributed by atoms with Crippen LogP contribution in [0.4, 0.5) is 5.00 Å². The fourth-order valence-corrected chi connectivity index (χ4v) is 3.57. The van der Waals surface area contributed by atoms with Crippen molar-refractivity contribution < 1.29 is 14.5 Å². The Hall–Kier alpha value is -1.40. The predicted molar refractivity (Wildman–Crippen MR) is 70.9 cm³/mol. The molecule has 1 unspecified atom stereocenters. The molecular formula is C12H18N3O2S+. The maximum Gasteiger partial charge on any atom is 0.252 e. The maximum atomic E-state index is 11.6. The zero-order chi connectivity index (χ0) is 13.3. The van der Waals surface area contributed by atoms with Crippen LogP contribution in [0.3, 0.4) is 0 Å². The molecule has 4 N–H and O–H groups in total. The van der Waals surface area contributed by atoms with Crippen molar-refractivity contribution in [1.29, 1.82) is 0 Å². The highest BCUT2D eigenvalue weighted by molar-refractivity contribution is 7.17. The normalized spacial score (nSPS) is 18.2. The molecule has 0 aliphatic carbocycles. The molecule has 18 heavy (non-hydrogen) atoms. The van der Waals surface area contributed by atoms with Gasteiger partial charge in [0.2, 0.25) is 5.91 Å². The third-order valence-electron chi connectivity index (χ3n) is 3.18. The molecule has 0 bridgehead atoms. The Kier molecular flexibility index (Phi) is 3.68. The van der Waals surface area contributed by atoms with E-state index in [1.54, 1.807) is 6.92 Å². The van der Waals surface area contributed by atoms with Crippen LogP contribution in [0.1, 0.15) is 34.1 Å². The summed E-state index contributed by atoms with van der Waals surface area (Å²) in [5, 5.41) is 3.40. The van der Waals surface area contributed by atoms with Gasteiger partial charge in [-0.2, -0.15) is 0 Å². The van der Waals surface area contributed by atoms with E-state index in [0.717, 1.165) is 25.1 Å². The quantitative estimate of drug-likeness (QED) is 0.708. The van der Waals surface area contributed by atoms with Gasteiger partial charge in [-0.1, -0.05) is 6.92 Å². The van der Waals surface area contributed by atoms with E-state index in [0.29, 0.717) is 17.0 Å². The molecule has 6 heteroatoms. The van der Waals surface area contributed by atoms with Crippen LogP contribution in [-0.2, 0) is 17.8 Å². The van der Waals surface area contributed by atoms with Crippen molar-refractivity contribution >= 4 is 28.2 Å². The van der Waals surface area contributed by atoms with E-state index in [2.05, 4.69) is 12.4 Å². The monoisotopic (exact) mass is 268 g/mol. The Morgan fingerprint density at radius 3 is 2.83 bits per heavy atom. The minimum absolute atomic E-state index is 0.0863. The Morgan fingerprint density at radius 2 is 2.22 bits per heavy atom. The van der Waals surface area contributed by atoms with Crippen LogP contribution in [0, 0.1) is 0 Å². The van der Waals surface area contributed by atoms with Gasteiger partial charge in [-0.3, -0.25) is 9.59 Å². The SMILES string of the molecule is CCC(=O)Nc1sc2c(c1C(N)=O)CC[NH+](C)C2. The molecular weight excluding hydrogens is 250 g/mol. The molecule has 98 valence electrons. The largest absolute Gasteiger partial charge is 0.365 e. The molecule has 0 radical (unpaired) electrons. The number of primary amides is 1. The molecule has 2 amide bonds. The fraction of sp³-hybridized carbons (Fsp3) is 0.500. The number of likely N-dealkylation sites (N-methyl/N-ethyl adjacent to an activating group) is 1. The number of hydrogen-bond acceptors (Lipinski definition) is 3. The summed E-state index contributed by atoms with van der Waals surface area (Å²) in [6.07, 6.45) is 1.24. The van der Waals surface area contributed by atoms with Crippen LogP contribution in [0.25, 0.3) is 0 Å². The van der Waals surface area contributed by atoms with Crippen molar-refractivity contribution in [2.75, 3.05) is 18.9 Å². The van der Waals surface area contributed by atoms with Crippen LogP contribution in [0.15, 0.2) is 0 Å². The van der Waals surface area contributed by atoms with Crippen molar-refractivity contribution in [3.63, 3.8) is 0 Å². The van der Waals surface area contributed by atoms with Gasteiger partial charge in [0.25, 0.3) is 5.91 Å². The number of thiophene rings is 1. The summed E-state index contributed by atoms with van der Waals surface area (Å²) < 4.78 is 0. The smallest absolute Gasteiger partial charge is 0.252 e. The number of nitrogens with one attached hydrogen (secondary N) is 2. The summed E-state index contributed by atoms with van der Waals surface area (Å²) in [5.74, 6) is -0.532. The molecule has 0 saturated carbocycles. The highest BCUT2D eigenvalue weighted by Crippen LogP contribution is 2.34. The van der Waals surface area contributed by atoms with Crippen molar-refractivity contribution in [1.82, 2.24) is 0 Å². The summed E-state index contributed by atoms with van der Waals surface area (Å²) in [6, 6.07) is 0. The molecule has 5 nitrogen and oxygen atoms in total. The molecule has 1 aromatic heterocycles. The Labute approximate surface area is 110 Å². The van der Waals surface area contributed by atoms with Gasteiger partial charge in [0, 0.05) is 12.8 Å². The van der Waals surface area contributed by atoms with E-state index >= 15 is 0 Å². The number of fused-ring (bicyclic) bond motifs is 1. The van der Waals surface area contributed by atoms with Gasteiger partial charge in [-0.25, -0.2) is 0 Å². The zero-order valence-corrected chi connectivity index (χ0v) is 11.4. The van der Waals surface area contributed by atoms with Crippen molar-refractivity contribution in [2.45, 2.75) is 26.3 Å². The molecule has 2 rings (SSSR count). The molecule has 0 fully saturated rings. The fourth-order valence-electron chi connectivity index (χ4n) is 2.18. The molecule has 0 saturated heterocycles. The number of rotatable bonds is 3. The van der Waals surface area contributed by atoms with Crippen LogP contribution in [0.2, 0.25) is 0 Å². The third-order valence-corrected chi connectivity index (χ3v) is 4.32. The van der Waals surface area contributed by atoms with Gasteiger partial charge < -0.3 is 16.0 Å². The summed E-state index contributed by atoms with van der Waals surface area (Å²) in [5.41, 5.74) is 6.99. The predicted octanol–water partition coefficient (Wildman–Crippen LogP) is -0.234. The molecule has 1 aliphatic heterocycles. The lowest BCUT2D eigenvalue weighted by atomic mass is 10.0. The number of hydrogen-bond donors (Lipinski definition) is 3. The van der Waals surface area contributed by atoms with Gasteiger partial charge >= 0.3 is 0 Å². The maximum absolute atomic E-state index is 11.6. The average Bonchev–Trinajstić information content (AvgIpc) is 2.65. The van der Waals surface area contributed by atoms with Crippen molar-refractivity contribution in [3.05, 3.63) is 16.0 Å². The highest BCUT2D eigenvalue weighted by Gasteiger charge is 2.27. The topological polar surface area (TPSA) is 76.6 Å². The van der Waals surface area contributed by atoms with E-state index in [1.807, 2.05) is 0 Å². The van der Waals surface area contributed by atoms with Crippen molar-refractivity contribution in [2.24, 2.45) is 5.73 Å². The number of carbonyl (C=O) groups is 2.